The first-order valence-corrected chi connectivity index (χ1v) is 9.74. The minimum absolute atomic E-state index is 0.0412. The molecule has 1 aliphatic rings. The van der Waals surface area contributed by atoms with Crippen molar-refractivity contribution in [1.29, 1.82) is 0 Å². The molecule has 0 aliphatic carbocycles. The number of terminal acetylenes is 1. The standard InChI is InChI=1S/C15H28O2Si/c1-9-13-10-11-15(6,16-13)12(2)17-18(7,8)14(3,4)5/h1,12-13H,10-11H2,2-8H3/t12-,13+,15+/m1/s1. The van der Waals surface area contributed by atoms with Gasteiger partial charge in [0.25, 0.3) is 0 Å². The van der Waals surface area contributed by atoms with Crippen molar-refractivity contribution >= 4 is 8.32 Å². The molecule has 2 nitrogen and oxygen atoms in total. The third-order valence-electron chi connectivity index (χ3n) is 4.64. The minimum Gasteiger partial charge on any atom is -0.411 e. The van der Waals surface area contributed by atoms with E-state index in [4.69, 9.17) is 15.6 Å². The van der Waals surface area contributed by atoms with Gasteiger partial charge in [-0.15, -0.1) is 6.42 Å². The Morgan fingerprint density at radius 1 is 1.44 bits per heavy atom. The van der Waals surface area contributed by atoms with Gasteiger partial charge in [0, 0.05) is 0 Å². The van der Waals surface area contributed by atoms with Crippen molar-refractivity contribution in [3.8, 4) is 12.3 Å². The van der Waals surface area contributed by atoms with Crippen LogP contribution in [0.2, 0.25) is 18.1 Å². The van der Waals surface area contributed by atoms with Crippen molar-refractivity contribution < 1.29 is 9.16 Å². The first-order chi connectivity index (χ1) is 8.02. The molecule has 1 heterocycles. The van der Waals surface area contributed by atoms with Gasteiger partial charge in [-0.25, -0.2) is 0 Å². The second-order valence-corrected chi connectivity index (χ2v) is 11.9. The Hall–Kier alpha value is -0.303. The summed E-state index contributed by atoms with van der Waals surface area (Å²) in [5.41, 5.74) is -0.230. The highest BCUT2D eigenvalue weighted by atomic mass is 28.4. The van der Waals surface area contributed by atoms with E-state index in [2.05, 4.69) is 53.6 Å². The summed E-state index contributed by atoms with van der Waals surface area (Å²) in [5, 5.41) is 0.224. The van der Waals surface area contributed by atoms with Gasteiger partial charge in [-0.3, -0.25) is 0 Å². The van der Waals surface area contributed by atoms with Gasteiger partial charge in [-0.2, -0.15) is 0 Å². The Morgan fingerprint density at radius 3 is 2.39 bits per heavy atom. The second-order valence-electron chi connectivity index (χ2n) is 7.14. The Balaban J connectivity index is 2.72. The van der Waals surface area contributed by atoms with Crippen LogP contribution in [0.15, 0.2) is 0 Å². The molecule has 0 aromatic carbocycles. The van der Waals surface area contributed by atoms with Crippen LogP contribution < -0.4 is 0 Å². The highest BCUT2D eigenvalue weighted by molar-refractivity contribution is 6.74. The lowest BCUT2D eigenvalue weighted by atomic mass is 9.97. The summed E-state index contributed by atoms with van der Waals surface area (Å²) in [7, 11) is -1.75. The van der Waals surface area contributed by atoms with Gasteiger partial charge < -0.3 is 9.16 Å². The van der Waals surface area contributed by atoms with E-state index in [1.807, 2.05) is 0 Å². The fourth-order valence-corrected chi connectivity index (χ4v) is 3.51. The third kappa shape index (κ3) is 3.17. The molecule has 1 saturated heterocycles. The van der Waals surface area contributed by atoms with Gasteiger partial charge in [-0.05, 0) is 44.8 Å². The Kier molecular flexibility index (Phi) is 4.37. The zero-order chi connectivity index (χ0) is 14.2. The van der Waals surface area contributed by atoms with Gasteiger partial charge in [0.2, 0.25) is 0 Å². The smallest absolute Gasteiger partial charge is 0.192 e. The Bertz CT molecular complexity index is 337. The molecule has 1 fully saturated rings. The monoisotopic (exact) mass is 268 g/mol. The van der Waals surface area contributed by atoms with Crippen molar-refractivity contribution in [2.75, 3.05) is 0 Å². The molecule has 1 aliphatic heterocycles. The molecule has 0 saturated carbocycles. The molecule has 0 bridgehead atoms. The van der Waals surface area contributed by atoms with Crippen LogP contribution in [0.5, 0.6) is 0 Å². The molecular formula is C15H28O2Si. The summed E-state index contributed by atoms with van der Waals surface area (Å²) in [6.45, 7) is 15.6. The first-order valence-electron chi connectivity index (χ1n) is 6.83. The molecule has 0 aromatic rings. The van der Waals surface area contributed by atoms with Gasteiger partial charge in [-0.1, -0.05) is 26.7 Å². The third-order valence-corrected chi connectivity index (χ3v) is 9.19. The number of rotatable bonds is 3. The van der Waals surface area contributed by atoms with Gasteiger partial charge in [0.1, 0.15) is 6.10 Å². The van der Waals surface area contributed by atoms with Gasteiger partial charge in [0.15, 0.2) is 8.32 Å². The first kappa shape index (κ1) is 15.8. The molecule has 104 valence electrons. The summed E-state index contributed by atoms with van der Waals surface area (Å²) in [6.07, 6.45) is 7.42. The molecule has 0 spiro atoms. The van der Waals surface area contributed by atoms with Crippen LogP contribution >= 0.6 is 0 Å². The maximum absolute atomic E-state index is 6.43. The summed E-state index contributed by atoms with van der Waals surface area (Å²) in [4.78, 5) is 0. The normalized spacial score (nSPS) is 31.1. The number of hydrogen-bond donors (Lipinski definition) is 0. The zero-order valence-electron chi connectivity index (χ0n) is 13.0. The predicted octanol–water partition coefficient (Wildman–Crippen LogP) is 3.97. The van der Waals surface area contributed by atoms with Crippen LogP contribution in [0, 0.1) is 12.3 Å². The lowest BCUT2D eigenvalue weighted by Gasteiger charge is -2.42. The van der Waals surface area contributed by atoms with E-state index in [0.717, 1.165) is 12.8 Å². The van der Waals surface area contributed by atoms with Gasteiger partial charge in [0.05, 0.1) is 11.7 Å². The molecule has 0 amide bonds. The fraction of sp³-hybridized carbons (Fsp3) is 0.867. The van der Waals surface area contributed by atoms with Crippen molar-refractivity contribution in [1.82, 2.24) is 0 Å². The summed E-state index contributed by atoms with van der Waals surface area (Å²) in [6, 6.07) is 0. The van der Waals surface area contributed by atoms with E-state index in [-0.39, 0.29) is 22.8 Å². The average Bonchev–Trinajstić information content (AvgIpc) is 2.59. The number of hydrogen-bond acceptors (Lipinski definition) is 2. The molecule has 18 heavy (non-hydrogen) atoms. The zero-order valence-corrected chi connectivity index (χ0v) is 14.0. The topological polar surface area (TPSA) is 18.5 Å². The molecule has 0 N–H and O–H groups in total. The SMILES string of the molecule is C#C[C@H]1CC[C@@](C)([C@@H](C)O[Si](C)(C)C(C)(C)C)O1. The molecule has 0 unspecified atom stereocenters. The Labute approximate surface area is 114 Å². The van der Waals surface area contributed by atoms with Crippen molar-refractivity contribution in [3.63, 3.8) is 0 Å². The van der Waals surface area contributed by atoms with E-state index >= 15 is 0 Å². The van der Waals surface area contributed by atoms with Gasteiger partial charge >= 0.3 is 0 Å². The van der Waals surface area contributed by atoms with E-state index in [0.29, 0.717) is 0 Å². The van der Waals surface area contributed by atoms with Crippen molar-refractivity contribution in [3.05, 3.63) is 0 Å². The molecule has 3 atom stereocenters. The summed E-state index contributed by atoms with van der Waals surface area (Å²) >= 11 is 0. The van der Waals surface area contributed by atoms with Crippen LogP contribution in [0.3, 0.4) is 0 Å². The maximum atomic E-state index is 6.43. The van der Waals surface area contributed by atoms with Crippen molar-refractivity contribution in [2.24, 2.45) is 0 Å². The van der Waals surface area contributed by atoms with Crippen LogP contribution in [-0.2, 0) is 9.16 Å². The minimum atomic E-state index is -1.75. The van der Waals surface area contributed by atoms with E-state index in [9.17, 15) is 0 Å². The number of ether oxygens (including phenoxy) is 1. The molecule has 0 radical (unpaired) electrons. The highest BCUT2D eigenvalue weighted by Gasteiger charge is 2.46. The lowest BCUT2D eigenvalue weighted by Crippen LogP contribution is -2.50. The summed E-state index contributed by atoms with van der Waals surface area (Å²) in [5.74, 6) is 2.70. The lowest BCUT2D eigenvalue weighted by molar-refractivity contribution is -0.0788. The fourth-order valence-electron chi connectivity index (χ4n) is 2.02. The molecule has 3 heteroatoms. The van der Waals surface area contributed by atoms with Crippen molar-refractivity contribution in [2.45, 2.75) is 83.4 Å². The highest BCUT2D eigenvalue weighted by Crippen LogP contribution is 2.41. The average molecular weight is 268 g/mol. The van der Waals surface area contributed by atoms with E-state index < -0.39 is 8.32 Å². The van der Waals surface area contributed by atoms with E-state index in [1.165, 1.54) is 0 Å². The molecular weight excluding hydrogens is 240 g/mol. The largest absolute Gasteiger partial charge is 0.411 e. The second kappa shape index (κ2) is 5.00. The molecule has 1 rings (SSSR count). The Morgan fingerprint density at radius 2 is 2.00 bits per heavy atom. The predicted molar refractivity (Wildman–Crippen MR) is 79.1 cm³/mol. The van der Waals surface area contributed by atoms with E-state index in [1.54, 1.807) is 0 Å². The van der Waals surface area contributed by atoms with Crippen LogP contribution in [-0.4, -0.2) is 26.1 Å². The maximum Gasteiger partial charge on any atom is 0.192 e. The van der Waals surface area contributed by atoms with Crippen LogP contribution in [0.4, 0.5) is 0 Å². The molecule has 0 aromatic heterocycles. The quantitative estimate of drug-likeness (QED) is 0.569. The van der Waals surface area contributed by atoms with Crippen LogP contribution in [0.1, 0.15) is 47.5 Å². The van der Waals surface area contributed by atoms with Crippen LogP contribution in [0.25, 0.3) is 0 Å². The summed E-state index contributed by atoms with van der Waals surface area (Å²) < 4.78 is 12.4.